The molecule has 0 amide bonds. The molecule has 6 heteroatoms. The molecule has 2 rings (SSSR count). The number of ether oxygens (including phenoxy) is 2. The van der Waals surface area contributed by atoms with Crippen LogP contribution >= 0.6 is 0 Å². The molecule has 124 valence electrons. The third-order valence-corrected chi connectivity index (χ3v) is 6.08. The fourth-order valence-electron chi connectivity index (χ4n) is 2.44. The van der Waals surface area contributed by atoms with Crippen molar-refractivity contribution >= 4 is 10.0 Å². The summed E-state index contributed by atoms with van der Waals surface area (Å²) in [7, 11) is -3.13. The Bertz CT molecular complexity index is 537. The predicted molar refractivity (Wildman–Crippen MR) is 86.5 cm³/mol. The van der Waals surface area contributed by atoms with E-state index in [2.05, 4.69) is 0 Å². The Morgan fingerprint density at radius 2 is 1.77 bits per heavy atom. The van der Waals surface area contributed by atoms with Crippen LogP contribution < -0.4 is 4.74 Å². The highest BCUT2D eigenvalue weighted by Gasteiger charge is 2.30. The second-order valence-electron chi connectivity index (χ2n) is 5.72. The maximum atomic E-state index is 12.1. The standard InChI is InChI=1S/C16H25NO4S/c1-14(2)22(18,19)17-10-8-16(9-11-17)21-13-12-20-15-6-4-3-5-7-15/h3-7,14,16H,8-13H2,1-2H3. The largest absolute Gasteiger partial charge is 0.491 e. The number of hydrogen-bond donors (Lipinski definition) is 0. The van der Waals surface area contributed by atoms with Gasteiger partial charge in [-0.15, -0.1) is 0 Å². The molecule has 0 atom stereocenters. The Morgan fingerprint density at radius 3 is 2.36 bits per heavy atom. The van der Waals surface area contributed by atoms with Crippen LogP contribution in [0.1, 0.15) is 26.7 Å². The molecule has 0 aliphatic carbocycles. The second kappa shape index (κ2) is 7.94. The van der Waals surface area contributed by atoms with Crippen molar-refractivity contribution in [3.05, 3.63) is 30.3 Å². The van der Waals surface area contributed by atoms with E-state index in [0.717, 1.165) is 18.6 Å². The first-order chi connectivity index (χ1) is 10.5. The summed E-state index contributed by atoms with van der Waals surface area (Å²) in [4.78, 5) is 0. The summed E-state index contributed by atoms with van der Waals surface area (Å²) >= 11 is 0. The maximum absolute atomic E-state index is 12.1. The Balaban J connectivity index is 1.66. The molecule has 0 aromatic heterocycles. The van der Waals surface area contributed by atoms with Crippen LogP contribution in [0.25, 0.3) is 0 Å². The maximum Gasteiger partial charge on any atom is 0.216 e. The first-order valence-corrected chi connectivity index (χ1v) is 9.29. The fourth-order valence-corrected chi connectivity index (χ4v) is 3.76. The SMILES string of the molecule is CC(C)S(=O)(=O)N1CCC(OCCOc2ccccc2)CC1. The summed E-state index contributed by atoms with van der Waals surface area (Å²) in [6.07, 6.45) is 1.62. The molecule has 0 saturated carbocycles. The molecule has 1 aliphatic rings. The van der Waals surface area contributed by atoms with E-state index in [1.54, 1.807) is 18.2 Å². The van der Waals surface area contributed by atoms with Gasteiger partial charge in [0.2, 0.25) is 10.0 Å². The van der Waals surface area contributed by atoms with Crippen LogP contribution in [-0.2, 0) is 14.8 Å². The summed E-state index contributed by atoms with van der Waals surface area (Å²) in [5.74, 6) is 0.837. The van der Waals surface area contributed by atoms with E-state index >= 15 is 0 Å². The van der Waals surface area contributed by atoms with E-state index in [9.17, 15) is 8.42 Å². The molecule has 1 aromatic carbocycles. The lowest BCUT2D eigenvalue weighted by atomic mass is 10.1. The van der Waals surface area contributed by atoms with Crippen LogP contribution in [0.3, 0.4) is 0 Å². The summed E-state index contributed by atoms with van der Waals surface area (Å²) in [6, 6.07) is 9.63. The number of para-hydroxylation sites is 1. The summed E-state index contributed by atoms with van der Waals surface area (Å²) in [6.45, 7) is 5.57. The molecule has 0 unspecified atom stereocenters. The number of nitrogens with zero attached hydrogens (tertiary/aromatic N) is 1. The summed E-state index contributed by atoms with van der Waals surface area (Å²) < 4.78 is 37.1. The quantitative estimate of drug-likeness (QED) is 0.721. The van der Waals surface area contributed by atoms with Crippen LogP contribution in [0.15, 0.2) is 30.3 Å². The lowest BCUT2D eigenvalue weighted by Crippen LogP contribution is -2.43. The van der Waals surface area contributed by atoms with Crippen molar-refractivity contribution in [2.75, 3.05) is 26.3 Å². The molecule has 0 radical (unpaired) electrons. The van der Waals surface area contributed by atoms with Gasteiger partial charge in [-0.25, -0.2) is 12.7 Å². The fraction of sp³-hybridized carbons (Fsp3) is 0.625. The first kappa shape index (κ1) is 17.2. The third kappa shape index (κ3) is 4.69. The predicted octanol–water partition coefficient (Wildman–Crippen LogP) is 2.28. The Hall–Kier alpha value is -1.11. The Morgan fingerprint density at radius 1 is 1.14 bits per heavy atom. The Labute approximate surface area is 133 Å². The van der Waals surface area contributed by atoms with Crippen molar-refractivity contribution in [2.24, 2.45) is 0 Å². The lowest BCUT2D eigenvalue weighted by Gasteiger charge is -2.32. The highest BCUT2D eigenvalue weighted by Crippen LogP contribution is 2.19. The van der Waals surface area contributed by atoms with E-state index in [0.29, 0.717) is 26.3 Å². The smallest absolute Gasteiger partial charge is 0.216 e. The van der Waals surface area contributed by atoms with Crippen LogP contribution in [0.5, 0.6) is 5.75 Å². The second-order valence-corrected chi connectivity index (χ2v) is 8.21. The third-order valence-electron chi connectivity index (χ3n) is 3.81. The van der Waals surface area contributed by atoms with Gasteiger partial charge in [0.25, 0.3) is 0 Å². The topological polar surface area (TPSA) is 55.8 Å². The molecule has 1 fully saturated rings. The van der Waals surface area contributed by atoms with Crippen LogP contribution in [0, 0.1) is 0 Å². The average Bonchev–Trinajstić information content (AvgIpc) is 2.53. The summed E-state index contributed by atoms with van der Waals surface area (Å²) in [5, 5.41) is -0.357. The van der Waals surface area contributed by atoms with Gasteiger partial charge < -0.3 is 9.47 Å². The zero-order valence-corrected chi connectivity index (χ0v) is 14.1. The minimum Gasteiger partial charge on any atom is -0.491 e. The van der Waals surface area contributed by atoms with E-state index < -0.39 is 10.0 Å². The summed E-state index contributed by atoms with van der Waals surface area (Å²) in [5.41, 5.74) is 0. The van der Waals surface area contributed by atoms with E-state index in [1.807, 2.05) is 30.3 Å². The molecule has 1 saturated heterocycles. The molecule has 1 aliphatic heterocycles. The van der Waals surface area contributed by atoms with E-state index in [4.69, 9.17) is 9.47 Å². The van der Waals surface area contributed by atoms with Crippen molar-refractivity contribution in [3.63, 3.8) is 0 Å². The van der Waals surface area contributed by atoms with Gasteiger partial charge in [0, 0.05) is 13.1 Å². The van der Waals surface area contributed by atoms with Crippen molar-refractivity contribution in [1.29, 1.82) is 0 Å². The zero-order chi connectivity index (χ0) is 16.0. The number of sulfonamides is 1. The number of piperidine rings is 1. The molecular weight excluding hydrogens is 302 g/mol. The van der Waals surface area contributed by atoms with Gasteiger partial charge in [-0.3, -0.25) is 0 Å². The molecule has 0 N–H and O–H groups in total. The van der Waals surface area contributed by atoms with Crippen LogP contribution in [0.4, 0.5) is 0 Å². The molecule has 1 aromatic rings. The van der Waals surface area contributed by atoms with Crippen molar-refractivity contribution in [2.45, 2.75) is 38.0 Å². The average molecular weight is 327 g/mol. The minimum atomic E-state index is -3.13. The van der Waals surface area contributed by atoms with Gasteiger partial charge in [0.05, 0.1) is 18.0 Å². The molecule has 5 nitrogen and oxygen atoms in total. The van der Waals surface area contributed by atoms with Crippen LogP contribution in [-0.4, -0.2) is 50.4 Å². The van der Waals surface area contributed by atoms with Gasteiger partial charge in [0.15, 0.2) is 0 Å². The van der Waals surface area contributed by atoms with Crippen molar-refractivity contribution in [3.8, 4) is 5.75 Å². The Kier molecular flexibility index (Phi) is 6.23. The molecule has 1 heterocycles. The van der Waals surface area contributed by atoms with Gasteiger partial charge in [-0.1, -0.05) is 18.2 Å². The number of benzene rings is 1. The van der Waals surface area contributed by atoms with E-state index in [1.165, 1.54) is 0 Å². The lowest BCUT2D eigenvalue weighted by molar-refractivity contribution is 0.00693. The molecular formula is C16H25NO4S. The molecule has 0 bridgehead atoms. The van der Waals surface area contributed by atoms with Gasteiger partial charge in [0.1, 0.15) is 12.4 Å². The van der Waals surface area contributed by atoms with Crippen molar-refractivity contribution in [1.82, 2.24) is 4.31 Å². The molecule has 0 spiro atoms. The number of hydrogen-bond acceptors (Lipinski definition) is 4. The first-order valence-electron chi connectivity index (χ1n) is 7.78. The van der Waals surface area contributed by atoms with Crippen molar-refractivity contribution < 1.29 is 17.9 Å². The highest BCUT2D eigenvalue weighted by atomic mass is 32.2. The highest BCUT2D eigenvalue weighted by molar-refractivity contribution is 7.89. The van der Waals surface area contributed by atoms with Gasteiger partial charge >= 0.3 is 0 Å². The minimum absolute atomic E-state index is 0.123. The number of rotatable bonds is 7. The monoisotopic (exact) mass is 327 g/mol. The zero-order valence-electron chi connectivity index (χ0n) is 13.3. The molecule has 22 heavy (non-hydrogen) atoms. The van der Waals surface area contributed by atoms with Crippen LogP contribution in [0.2, 0.25) is 0 Å². The van der Waals surface area contributed by atoms with E-state index in [-0.39, 0.29) is 11.4 Å². The van der Waals surface area contributed by atoms with Gasteiger partial charge in [-0.05, 0) is 38.8 Å². The normalized spacial score (nSPS) is 17.8. The van der Waals surface area contributed by atoms with Gasteiger partial charge in [-0.2, -0.15) is 0 Å².